The molecule has 0 fully saturated rings. The third-order valence-corrected chi connectivity index (χ3v) is 4.03. The summed E-state index contributed by atoms with van der Waals surface area (Å²) in [6, 6.07) is 5.60. The van der Waals surface area contributed by atoms with Gasteiger partial charge in [0.15, 0.2) is 0 Å². The van der Waals surface area contributed by atoms with Crippen LogP contribution in [0.3, 0.4) is 0 Å². The smallest absolute Gasteiger partial charge is 0.311 e. The molecule has 7 heteroatoms. The van der Waals surface area contributed by atoms with E-state index in [0.717, 1.165) is 44.9 Å². The highest BCUT2D eigenvalue weighted by molar-refractivity contribution is 5.72. The summed E-state index contributed by atoms with van der Waals surface area (Å²) < 4.78 is 10.2. The van der Waals surface area contributed by atoms with Crippen molar-refractivity contribution >= 4 is 17.6 Å². The van der Waals surface area contributed by atoms with Crippen LogP contribution >= 0.6 is 0 Å². The first-order valence-electron chi connectivity index (χ1n) is 9.63. The SMILES string of the molecule is CCCCOC(=O)CCCCCCCCC(=O)Oc1cccc([N+](=O)[O-])c1. The molecule has 0 aliphatic heterocycles. The molecule has 0 atom stereocenters. The average Bonchev–Trinajstić information content (AvgIpc) is 2.64. The number of carbonyl (C=O) groups excluding carboxylic acids is 2. The zero-order chi connectivity index (χ0) is 19.9. The van der Waals surface area contributed by atoms with E-state index in [-0.39, 0.29) is 29.8 Å². The van der Waals surface area contributed by atoms with Crippen LogP contribution in [0, 0.1) is 10.1 Å². The van der Waals surface area contributed by atoms with E-state index in [1.54, 1.807) is 0 Å². The van der Waals surface area contributed by atoms with Crippen molar-refractivity contribution in [2.45, 2.75) is 71.1 Å². The van der Waals surface area contributed by atoms with Crippen molar-refractivity contribution in [1.82, 2.24) is 0 Å². The van der Waals surface area contributed by atoms with Gasteiger partial charge in [0.1, 0.15) is 5.75 Å². The predicted octanol–water partition coefficient (Wildman–Crippen LogP) is 4.96. The standard InChI is InChI=1S/C20H29NO6/c1-2-3-15-26-19(22)13-8-6-4-5-7-9-14-20(23)27-18-12-10-11-17(16-18)21(24)25/h10-12,16H,2-9,13-15H2,1H3. The highest BCUT2D eigenvalue weighted by atomic mass is 16.6. The van der Waals surface area contributed by atoms with Gasteiger partial charge in [0.25, 0.3) is 5.69 Å². The maximum absolute atomic E-state index is 11.8. The number of nitrogens with zero attached hydrogens (tertiary/aromatic N) is 1. The molecule has 0 saturated heterocycles. The van der Waals surface area contributed by atoms with Crippen LogP contribution in [0.15, 0.2) is 24.3 Å². The fourth-order valence-electron chi connectivity index (χ4n) is 2.49. The van der Waals surface area contributed by atoms with Crippen molar-refractivity contribution in [2.24, 2.45) is 0 Å². The van der Waals surface area contributed by atoms with E-state index in [1.165, 1.54) is 24.3 Å². The van der Waals surface area contributed by atoms with Crippen LogP contribution in [-0.4, -0.2) is 23.5 Å². The molecule has 1 aromatic rings. The second-order valence-electron chi connectivity index (χ2n) is 6.42. The Hall–Kier alpha value is -2.44. The van der Waals surface area contributed by atoms with Crippen molar-refractivity contribution in [1.29, 1.82) is 0 Å². The Kier molecular flexibility index (Phi) is 11.5. The van der Waals surface area contributed by atoms with Gasteiger partial charge in [0.05, 0.1) is 17.6 Å². The number of nitro benzene ring substituents is 1. The maximum Gasteiger partial charge on any atom is 0.311 e. The molecule has 0 N–H and O–H groups in total. The zero-order valence-corrected chi connectivity index (χ0v) is 16.0. The Morgan fingerprint density at radius 2 is 1.59 bits per heavy atom. The Labute approximate surface area is 160 Å². The summed E-state index contributed by atoms with van der Waals surface area (Å²) in [5, 5.41) is 10.7. The monoisotopic (exact) mass is 379 g/mol. The molecule has 0 aliphatic carbocycles. The molecule has 7 nitrogen and oxygen atoms in total. The number of nitro groups is 1. The Balaban J connectivity index is 2.03. The van der Waals surface area contributed by atoms with Gasteiger partial charge in [-0.25, -0.2) is 0 Å². The summed E-state index contributed by atoms with van der Waals surface area (Å²) in [5.41, 5.74) is -0.102. The second-order valence-corrected chi connectivity index (χ2v) is 6.42. The fraction of sp³-hybridized carbons (Fsp3) is 0.600. The first-order valence-corrected chi connectivity index (χ1v) is 9.63. The number of hydrogen-bond acceptors (Lipinski definition) is 6. The van der Waals surface area contributed by atoms with Gasteiger partial charge in [0, 0.05) is 18.9 Å². The van der Waals surface area contributed by atoms with Gasteiger partial charge in [-0.05, 0) is 25.3 Å². The number of non-ortho nitro benzene ring substituents is 1. The van der Waals surface area contributed by atoms with Gasteiger partial charge >= 0.3 is 11.9 Å². The van der Waals surface area contributed by atoms with Crippen molar-refractivity contribution in [2.75, 3.05) is 6.61 Å². The largest absolute Gasteiger partial charge is 0.466 e. The molecule has 0 heterocycles. The van der Waals surface area contributed by atoms with Gasteiger partial charge in [-0.2, -0.15) is 0 Å². The molecular formula is C20H29NO6. The van der Waals surface area contributed by atoms with E-state index in [4.69, 9.17) is 9.47 Å². The summed E-state index contributed by atoms with van der Waals surface area (Å²) in [7, 11) is 0. The van der Waals surface area contributed by atoms with E-state index in [0.29, 0.717) is 19.4 Å². The van der Waals surface area contributed by atoms with Crippen molar-refractivity contribution in [3.63, 3.8) is 0 Å². The van der Waals surface area contributed by atoms with Crippen LogP contribution in [0.4, 0.5) is 5.69 Å². The molecule has 0 spiro atoms. The Morgan fingerprint density at radius 1 is 0.963 bits per heavy atom. The fourth-order valence-corrected chi connectivity index (χ4v) is 2.49. The van der Waals surface area contributed by atoms with E-state index >= 15 is 0 Å². The highest BCUT2D eigenvalue weighted by Gasteiger charge is 2.10. The van der Waals surface area contributed by atoms with Gasteiger partial charge in [0.2, 0.25) is 0 Å². The van der Waals surface area contributed by atoms with Gasteiger partial charge in [-0.3, -0.25) is 19.7 Å². The van der Waals surface area contributed by atoms with Gasteiger partial charge in [-0.1, -0.05) is 45.1 Å². The summed E-state index contributed by atoms with van der Waals surface area (Å²) in [6.07, 6.45) is 8.13. The van der Waals surface area contributed by atoms with Crippen LogP contribution in [0.2, 0.25) is 0 Å². The number of rotatable bonds is 14. The Morgan fingerprint density at radius 3 is 2.22 bits per heavy atom. The van der Waals surface area contributed by atoms with Gasteiger partial charge in [-0.15, -0.1) is 0 Å². The first kappa shape index (κ1) is 22.6. The third-order valence-electron chi connectivity index (χ3n) is 4.03. The second kappa shape index (κ2) is 13.7. The molecule has 0 aliphatic rings. The lowest BCUT2D eigenvalue weighted by Crippen LogP contribution is -2.07. The van der Waals surface area contributed by atoms with E-state index < -0.39 is 4.92 Å². The summed E-state index contributed by atoms with van der Waals surface area (Å²) in [6.45, 7) is 2.57. The number of esters is 2. The van der Waals surface area contributed by atoms with Crippen molar-refractivity contribution < 1.29 is 24.0 Å². The van der Waals surface area contributed by atoms with E-state index in [9.17, 15) is 19.7 Å². The number of benzene rings is 1. The minimum atomic E-state index is -0.526. The predicted molar refractivity (Wildman–Crippen MR) is 102 cm³/mol. The summed E-state index contributed by atoms with van der Waals surface area (Å²) in [4.78, 5) is 33.4. The third kappa shape index (κ3) is 11.0. The molecule has 1 rings (SSSR count). The highest BCUT2D eigenvalue weighted by Crippen LogP contribution is 2.20. The topological polar surface area (TPSA) is 95.7 Å². The average molecular weight is 379 g/mol. The van der Waals surface area contributed by atoms with Crippen molar-refractivity contribution in [3.05, 3.63) is 34.4 Å². The molecule has 0 saturated carbocycles. The van der Waals surface area contributed by atoms with E-state index in [1.807, 2.05) is 0 Å². The number of hydrogen-bond donors (Lipinski definition) is 0. The molecule has 27 heavy (non-hydrogen) atoms. The number of ether oxygens (including phenoxy) is 2. The summed E-state index contributed by atoms with van der Waals surface area (Å²) in [5.74, 6) is -0.308. The zero-order valence-electron chi connectivity index (χ0n) is 16.0. The van der Waals surface area contributed by atoms with Crippen LogP contribution < -0.4 is 4.74 Å². The lowest BCUT2D eigenvalue weighted by atomic mass is 10.1. The Bertz CT molecular complexity index is 602. The molecule has 0 amide bonds. The van der Waals surface area contributed by atoms with E-state index in [2.05, 4.69) is 6.92 Å². The molecule has 0 bridgehead atoms. The molecule has 0 aromatic heterocycles. The lowest BCUT2D eigenvalue weighted by molar-refractivity contribution is -0.384. The normalized spacial score (nSPS) is 10.4. The van der Waals surface area contributed by atoms with Crippen LogP contribution in [-0.2, 0) is 14.3 Å². The van der Waals surface area contributed by atoms with Crippen LogP contribution in [0.5, 0.6) is 5.75 Å². The van der Waals surface area contributed by atoms with Crippen LogP contribution in [0.25, 0.3) is 0 Å². The minimum Gasteiger partial charge on any atom is -0.466 e. The number of carbonyl (C=O) groups is 2. The van der Waals surface area contributed by atoms with Crippen LogP contribution in [0.1, 0.15) is 71.1 Å². The molecule has 1 aromatic carbocycles. The molecule has 0 unspecified atom stereocenters. The molecule has 150 valence electrons. The quantitative estimate of drug-likeness (QED) is 0.149. The minimum absolute atomic E-state index is 0.102. The van der Waals surface area contributed by atoms with Gasteiger partial charge < -0.3 is 9.47 Å². The van der Waals surface area contributed by atoms with Crippen molar-refractivity contribution in [3.8, 4) is 5.75 Å². The first-order chi connectivity index (χ1) is 13.0. The summed E-state index contributed by atoms with van der Waals surface area (Å²) >= 11 is 0. The molecule has 0 radical (unpaired) electrons. The molecular weight excluding hydrogens is 350 g/mol. The number of unbranched alkanes of at least 4 members (excludes halogenated alkanes) is 6. The lowest BCUT2D eigenvalue weighted by Gasteiger charge is -2.05. The maximum atomic E-state index is 11.8.